The Morgan fingerprint density at radius 2 is 1.96 bits per heavy atom. The molecule has 2 rings (SSSR count). The zero-order chi connectivity index (χ0) is 17.6. The molecule has 1 unspecified atom stereocenters. The van der Waals surface area contributed by atoms with Gasteiger partial charge in [-0.2, -0.15) is 13.2 Å². The summed E-state index contributed by atoms with van der Waals surface area (Å²) >= 11 is 0. The number of alkyl halides is 3. The summed E-state index contributed by atoms with van der Waals surface area (Å²) in [7, 11) is 0. The number of hydrogen-bond donors (Lipinski definition) is 2. The van der Waals surface area contributed by atoms with Crippen LogP contribution in [0.5, 0.6) is 0 Å². The van der Waals surface area contributed by atoms with E-state index in [1.807, 2.05) is 6.07 Å². The van der Waals surface area contributed by atoms with E-state index in [1.54, 1.807) is 24.3 Å². The van der Waals surface area contributed by atoms with E-state index in [4.69, 9.17) is 9.84 Å². The third-order valence-electron chi connectivity index (χ3n) is 2.92. The fourth-order valence-corrected chi connectivity index (χ4v) is 1.75. The molecule has 0 aliphatic carbocycles. The molecule has 24 heavy (non-hydrogen) atoms. The van der Waals surface area contributed by atoms with Gasteiger partial charge in [0, 0.05) is 6.20 Å². The number of carbonyl (C=O) groups excluding carboxylic acids is 1. The third kappa shape index (κ3) is 5.20. The molecule has 0 spiro atoms. The number of halogens is 3. The van der Waals surface area contributed by atoms with Gasteiger partial charge in [0.2, 0.25) is 0 Å². The van der Waals surface area contributed by atoms with E-state index in [0.29, 0.717) is 0 Å². The lowest BCUT2D eigenvalue weighted by atomic mass is 10.2. The van der Waals surface area contributed by atoms with Gasteiger partial charge in [-0.15, -0.1) is 0 Å². The predicted molar refractivity (Wildman–Crippen MR) is 76.5 cm³/mol. The van der Waals surface area contributed by atoms with Gasteiger partial charge in [0.25, 0.3) is 0 Å². The van der Waals surface area contributed by atoms with E-state index in [-0.39, 0.29) is 19.0 Å². The van der Waals surface area contributed by atoms with Crippen LogP contribution in [0.15, 0.2) is 42.6 Å². The van der Waals surface area contributed by atoms with Crippen molar-refractivity contribution in [3.8, 4) is 0 Å². The average Bonchev–Trinajstić information content (AvgIpc) is 2.58. The van der Waals surface area contributed by atoms with Gasteiger partial charge < -0.3 is 15.2 Å². The van der Waals surface area contributed by atoms with Crippen LogP contribution >= 0.6 is 0 Å². The maximum Gasteiger partial charge on any atom is 0.420 e. The molecule has 1 aromatic heterocycles. The minimum absolute atomic E-state index is 0.0559. The largest absolute Gasteiger partial charge is 0.445 e. The molecule has 2 N–H and O–H groups in total. The number of benzene rings is 1. The van der Waals surface area contributed by atoms with Crippen molar-refractivity contribution in [2.24, 2.45) is 0 Å². The van der Waals surface area contributed by atoms with E-state index in [9.17, 15) is 18.0 Å². The second-order valence-corrected chi connectivity index (χ2v) is 4.76. The Kier molecular flexibility index (Phi) is 5.69. The molecule has 0 saturated heterocycles. The van der Waals surface area contributed by atoms with Crippen LogP contribution < -0.4 is 5.32 Å². The lowest BCUT2D eigenvalue weighted by Crippen LogP contribution is -2.26. The molecule has 0 aliphatic heterocycles. The Hall–Kier alpha value is -2.68. The van der Waals surface area contributed by atoms with E-state index < -0.39 is 24.1 Å². The standard InChI is InChI=1S/C15H14F3N3O3/c16-15(17,18)13(22)11-6-7-19-12(21-11)8-20-14(23)24-9-10-4-2-1-3-5-10/h1-7,13,22H,8-9H2,(H,20,23). The molecule has 1 heterocycles. The summed E-state index contributed by atoms with van der Waals surface area (Å²) < 4.78 is 42.3. The monoisotopic (exact) mass is 341 g/mol. The second kappa shape index (κ2) is 7.73. The summed E-state index contributed by atoms with van der Waals surface area (Å²) in [6, 6.07) is 9.92. The number of aliphatic hydroxyl groups is 1. The van der Waals surface area contributed by atoms with E-state index in [1.165, 1.54) is 0 Å². The quantitative estimate of drug-likeness (QED) is 0.873. The third-order valence-corrected chi connectivity index (χ3v) is 2.92. The summed E-state index contributed by atoms with van der Waals surface area (Å²) in [5.41, 5.74) is 0.200. The molecule has 9 heteroatoms. The molecule has 0 radical (unpaired) electrons. The Bertz CT molecular complexity index is 680. The van der Waals surface area contributed by atoms with Gasteiger partial charge in [-0.1, -0.05) is 30.3 Å². The van der Waals surface area contributed by atoms with E-state index in [0.717, 1.165) is 17.8 Å². The van der Waals surface area contributed by atoms with Crippen molar-refractivity contribution < 1.29 is 27.8 Å². The Labute approximate surface area is 135 Å². The summed E-state index contributed by atoms with van der Waals surface area (Å²) in [4.78, 5) is 18.9. The SMILES string of the molecule is O=C(NCc1nccc(C(O)C(F)(F)F)n1)OCc1ccccc1. The van der Waals surface area contributed by atoms with Gasteiger partial charge in [-0.05, 0) is 11.6 Å². The van der Waals surface area contributed by atoms with Crippen LogP contribution in [0.1, 0.15) is 23.2 Å². The lowest BCUT2D eigenvalue weighted by Gasteiger charge is -2.14. The van der Waals surface area contributed by atoms with Crippen LogP contribution in [0.4, 0.5) is 18.0 Å². The van der Waals surface area contributed by atoms with Crippen molar-refractivity contribution in [3.63, 3.8) is 0 Å². The molecule has 2 aromatic rings. The van der Waals surface area contributed by atoms with Gasteiger partial charge in [0.15, 0.2) is 6.10 Å². The second-order valence-electron chi connectivity index (χ2n) is 4.76. The zero-order valence-electron chi connectivity index (χ0n) is 12.3. The minimum atomic E-state index is -4.83. The molecule has 0 fully saturated rings. The number of hydrogen-bond acceptors (Lipinski definition) is 5. The van der Waals surface area contributed by atoms with Gasteiger partial charge in [-0.3, -0.25) is 0 Å². The zero-order valence-corrected chi connectivity index (χ0v) is 12.3. The molecule has 1 atom stereocenters. The van der Waals surface area contributed by atoms with Crippen molar-refractivity contribution in [3.05, 3.63) is 59.7 Å². The molecule has 0 saturated carbocycles. The molecule has 1 amide bonds. The number of aliphatic hydroxyl groups excluding tert-OH is 1. The van der Waals surface area contributed by atoms with Crippen LogP contribution in [-0.4, -0.2) is 27.3 Å². The van der Waals surface area contributed by atoms with Crippen molar-refractivity contribution in [1.82, 2.24) is 15.3 Å². The van der Waals surface area contributed by atoms with Gasteiger partial charge in [-0.25, -0.2) is 14.8 Å². The van der Waals surface area contributed by atoms with E-state index >= 15 is 0 Å². The van der Waals surface area contributed by atoms with Crippen LogP contribution in [0.25, 0.3) is 0 Å². The number of nitrogens with one attached hydrogen (secondary N) is 1. The van der Waals surface area contributed by atoms with Crippen LogP contribution in [0.3, 0.4) is 0 Å². The normalized spacial score (nSPS) is 12.5. The van der Waals surface area contributed by atoms with Crippen LogP contribution in [0.2, 0.25) is 0 Å². The molecular formula is C15H14F3N3O3. The number of nitrogens with zero attached hydrogens (tertiary/aromatic N) is 2. The first-order valence-electron chi connectivity index (χ1n) is 6.87. The highest BCUT2D eigenvalue weighted by atomic mass is 19.4. The Morgan fingerprint density at radius 3 is 2.62 bits per heavy atom. The predicted octanol–water partition coefficient (Wildman–Crippen LogP) is 2.50. The smallest absolute Gasteiger partial charge is 0.420 e. The highest BCUT2D eigenvalue weighted by molar-refractivity contribution is 5.67. The number of aromatic nitrogens is 2. The van der Waals surface area contributed by atoms with Crippen molar-refractivity contribution in [2.45, 2.75) is 25.4 Å². The van der Waals surface area contributed by atoms with Gasteiger partial charge >= 0.3 is 12.3 Å². The van der Waals surface area contributed by atoms with Crippen molar-refractivity contribution in [2.75, 3.05) is 0 Å². The minimum Gasteiger partial charge on any atom is -0.445 e. The van der Waals surface area contributed by atoms with Gasteiger partial charge in [0.1, 0.15) is 12.4 Å². The Balaban J connectivity index is 1.86. The number of ether oxygens (including phenoxy) is 1. The first-order valence-corrected chi connectivity index (χ1v) is 6.87. The molecule has 128 valence electrons. The molecule has 0 aliphatic rings. The number of amides is 1. The summed E-state index contributed by atoms with van der Waals surface area (Å²) in [5, 5.41) is 11.5. The number of carbonyl (C=O) groups is 1. The average molecular weight is 341 g/mol. The first-order chi connectivity index (χ1) is 11.4. The molecule has 6 nitrogen and oxygen atoms in total. The molecule has 1 aromatic carbocycles. The molecule has 0 bridgehead atoms. The summed E-state index contributed by atoms with van der Waals surface area (Å²) in [5.74, 6) is -0.0764. The van der Waals surface area contributed by atoms with Crippen LogP contribution in [-0.2, 0) is 17.9 Å². The van der Waals surface area contributed by atoms with E-state index in [2.05, 4.69) is 15.3 Å². The van der Waals surface area contributed by atoms with Gasteiger partial charge in [0.05, 0.1) is 12.2 Å². The Morgan fingerprint density at radius 1 is 1.25 bits per heavy atom. The maximum absolute atomic E-state index is 12.4. The molecular weight excluding hydrogens is 327 g/mol. The summed E-state index contributed by atoms with van der Waals surface area (Å²) in [6.07, 6.45) is -7.22. The highest BCUT2D eigenvalue weighted by Gasteiger charge is 2.40. The van der Waals surface area contributed by atoms with Crippen molar-refractivity contribution >= 4 is 6.09 Å². The highest BCUT2D eigenvalue weighted by Crippen LogP contribution is 2.30. The maximum atomic E-state index is 12.4. The fourth-order valence-electron chi connectivity index (χ4n) is 1.75. The summed E-state index contributed by atoms with van der Waals surface area (Å²) in [6.45, 7) is -0.174. The van der Waals surface area contributed by atoms with Crippen molar-refractivity contribution in [1.29, 1.82) is 0 Å². The lowest BCUT2D eigenvalue weighted by molar-refractivity contribution is -0.208. The fraction of sp³-hybridized carbons (Fsp3) is 0.267. The van der Waals surface area contributed by atoms with Crippen LogP contribution in [0, 0.1) is 0 Å². The topological polar surface area (TPSA) is 84.3 Å². The number of rotatable bonds is 5. The number of alkyl carbamates (subject to hydrolysis) is 1. The first kappa shape index (κ1) is 17.7.